The van der Waals surface area contributed by atoms with Crippen LogP contribution in [0.1, 0.15) is 183 Å². The van der Waals surface area contributed by atoms with Gasteiger partial charge in [-0.3, -0.25) is 19.7 Å². The summed E-state index contributed by atoms with van der Waals surface area (Å²) in [5.41, 5.74) is 11.7. The van der Waals surface area contributed by atoms with E-state index in [1.54, 1.807) is 0 Å². The molecule has 2 amide bonds. The summed E-state index contributed by atoms with van der Waals surface area (Å²) in [6.45, 7) is 20.4. The number of nitrogens with zero attached hydrogens (tertiary/aromatic N) is 1. The largest absolute Gasteiger partial charge is 0 e. The van der Waals surface area contributed by atoms with Gasteiger partial charge in [0, 0.05) is 76.4 Å². The summed E-state index contributed by atoms with van der Waals surface area (Å²) in [5.74, 6) is 6.85. The van der Waals surface area contributed by atoms with Crippen LogP contribution in [-0.2, 0) is 47.0 Å². The Hall–Kier alpha value is -0.626. The number of amidine groups is 1. The monoisotopic (exact) mass is 866 g/mol. The number of thiol groups is 1. The number of nitrogens with one attached hydrogen (secondary N) is 5. The van der Waals surface area contributed by atoms with Crippen LogP contribution in [0.3, 0.4) is 0 Å². The molecule has 0 aliphatic heterocycles. The maximum atomic E-state index is 11.9. The molecule has 0 spiro atoms. The van der Waals surface area contributed by atoms with E-state index in [1.807, 2.05) is 34.7 Å². The van der Waals surface area contributed by atoms with E-state index in [-0.39, 0.29) is 50.1 Å². The fourth-order valence-corrected chi connectivity index (χ4v) is 5.55. The summed E-state index contributed by atoms with van der Waals surface area (Å²) in [5, 5.41) is 6.40. The van der Waals surface area contributed by atoms with Crippen LogP contribution in [0.25, 0.3) is 0 Å². The van der Waals surface area contributed by atoms with Gasteiger partial charge in [-0.15, -0.1) is 0 Å². The van der Waals surface area contributed by atoms with E-state index < -0.39 is 0 Å². The first kappa shape index (κ1) is 64.3. The van der Waals surface area contributed by atoms with Crippen molar-refractivity contribution in [2.24, 2.45) is 16.7 Å². The normalized spacial score (nSPS) is 10.5. The smallest absolute Gasteiger partial charge is 0 e. The molecule has 0 rings (SSSR count). The molecule has 0 unspecified atom stereocenters. The third kappa shape index (κ3) is 63.6. The Labute approximate surface area is 362 Å². The van der Waals surface area contributed by atoms with Crippen molar-refractivity contribution in [2.45, 2.75) is 189 Å². The maximum Gasteiger partial charge on any atom is 0 e. The topological polar surface area (TPSA) is 179 Å². The number of carbonyl (C=O) groups excluding carboxylic acids is 2. The van der Waals surface area contributed by atoms with E-state index in [0.717, 1.165) is 70.1 Å². The van der Waals surface area contributed by atoms with Gasteiger partial charge in [-0.25, -0.2) is 5.43 Å². The van der Waals surface area contributed by atoms with Gasteiger partial charge in [-0.05, 0) is 59.4 Å². The number of allylic oxidation sites excluding steroid dienone is 1. The zero-order chi connectivity index (χ0) is 40.6. The number of hydrogen-bond acceptors (Lipinski definition) is 9. The van der Waals surface area contributed by atoms with Crippen LogP contribution in [0, 0.1) is 6.65 Å². The second kappa shape index (κ2) is 58.1. The molecule has 0 atom stereocenters. The standard InChI is InChI=1S/C26H54N6O2S2.C8H18N2.2C2H6.CO.Y/c27-24(31-28)18-13-10-8-6-4-2-1-3-5-7-9-11-14-20-26(34)32-36-23-16-12-15-19-25(33)29-21-17-22-30-35;1-5-6-7-8(2,3)10-9-4;3*1-2;/h30,35H,1-23,28H2,(H2,27,31)(H,29,33)(H,32,34);6-7,9-10H,5H2,1-4H3;2*1-2H3;;/b;7-6-;;;;. The van der Waals surface area contributed by atoms with Crippen LogP contribution < -0.4 is 37.2 Å². The van der Waals surface area contributed by atoms with Gasteiger partial charge in [-0.1, -0.05) is 149 Å². The molecule has 0 aromatic rings. The molecular formula is C39H84N8O3S2Y. The molecule has 313 valence electrons. The second-order valence-corrected chi connectivity index (χ2v) is 13.6. The molecule has 0 aromatic heterocycles. The van der Waals surface area contributed by atoms with Crippen molar-refractivity contribution in [3.63, 3.8) is 0 Å². The fraction of sp³-hybridized carbons (Fsp3) is 0.846. The minimum absolute atomic E-state index is 0. The molecule has 0 aliphatic carbocycles. The van der Waals surface area contributed by atoms with Gasteiger partial charge < -0.3 is 21.6 Å². The van der Waals surface area contributed by atoms with Crippen LogP contribution in [-0.4, -0.2) is 49.1 Å². The molecule has 1 radical (unpaired) electrons. The molecule has 53 heavy (non-hydrogen) atoms. The number of rotatable bonds is 31. The number of hydrogen-bond donors (Lipinski definition) is 8. The molecule has 0 aromatic carbocycles. The van der Waals surface area contributed by atoms with Gasteiger partial charge in [0.15, 0.2) is 0 Å². The van der Waals surface area contributed by atoms with E-state index in [9.17, 15) is 9.59 Å². The van der Waals surface area contributed by atoms with Crippen molar-refractivity contribution in [3.05, 3.63) is 18.8 Å². The Morgan fingerprint density at radius 1 is 0.755 bits per heavy atom. The van der Waals surface area contributed by atoms with Crippen molar-refractivity contribution >= 4 is 42.4 Å². The first-order valence-corrected chi connectivity index (χ1v) is 21.5. The number of hydrazone groups is 1. The number of hydrazine groups is 1. The number of carbonyl (C=O) groups is 2. The van der Waals surface area contributed by atoms with Crippen molar-refractivity contribution in [1.29, 1.82) is 0 Å². The predicted octanol–water partition coefficient (Wildman–Crippen LogP) is 8.80. The van der Waals surface area contributed by atoms with Gasteiger partial charge in [-0.2, -0.15) is 5.10 Å². The van der Waals surface area contributed by atoms with Gasteiger partial charge in [0.25, 0.3) is 0 Å². The molecule has 0 saturated heterocycles. The first-order chi connectivity index (χ1) is 25.2. The Bertz CT molecular complexity index is 808. The van der Waals surface area contributed by atoms with Crippen molar-refractivity contribution < 1.29 is 47.0 Å². The summed E-state index contributed by atoms with van der Waals surface area (Å²) in [6.07, 6.45) is 27.4. The molecule has 0 bridgehead atoms. The minimum atomic E-state index is 0. The number of nitrogens with two attached hydrogens (primary N) is 2. The van der Waals surface area contributed by atoms with E-state index in [2.05, 4.69) is 83.1 Å². The molecule has 0 saturated carbocycles. The SMILES string of the molecule is CC.CC.CC/C=C\C(C)(C)NNC.N/N=C(\N)CCCCCCCCCCCCCCCC(=O)NSCCCCCC(=O)NCCCNS.[C-]#[O+].[Y]. The molecule has 0 heterocycles. The van der Waals surface area contributed by atoms with Gasteiger partial charge in [0.1, 0.15) is 5.84 Å². The fourth-order valence-electron chi connectivity index (χ4n) is 4.68. The number of unbranched alkanes of at least 4 members (excludes halogenated alkanes) is 14. The van der Waals surface area contributed by atoms with Crippen LogP contribution in [0.4, 0.5) is 0 Å². The van der Waals surface area contributed by atoms with Gasteiger partial charge in [0.05, 0.1) is 0 Å². The summed E-state index contributed by atoms with van der Waals surface area (Å²) < 4.78 is 13.2. The van der Waals surface area contributed by atoms with Crippen LogP contribution in [0.5, 0.6) is 0 Å². The van der Waals surface area contributed by atoms with E-state index >= 15 is 0 Å². The first-order valence-electron chi connectivity index (χ1n) is 20.1. The van der Waals surface area contributed by atoms with E-state index in [1.165, 1.54) is 76.2 Å². The van der Waals surface area contributed by atoms with Crippen molar-refractivity contribution in [2.75, 3.05) is 25.9 Å². The Balaban J connectivity index is -0.000000273. The molecular weight excluding hydrogens is 782 g/mol. The zero-order valence-corrected chi connectivity index (χ0v) is 39.9. The third-order valence-electron chi connectivity index (χ3n) is 7.34. The Morgan fingerprint density at radius 2 is 1.19 bits per heavy atom. The average molecular weight is 866 g/mol. The van der Waals surface area contributed by atoms with E-state index in [0.29, 0.717) is 25.2 Å². The van der Waals surface area contributed by atoms with Crippen LogP contribution in [0.2, 0.25) is 0 Å². The summed E-state index contributed by atoms with van der Waals surface area (Å²) in [6, 6.07) is 0. The second-order valence-electron chi connectivity index (χ2n) is 12.4. The minimum Gasteiger partial charge on any atom is 0 e. The zero-order valence-electron chi connectivity index (χ0n) is 35.4. The van der Waals surface area contributed by atoms with Crippen LogP contribution >= 0.6 is 24.8 Å². The quantitative estimate of drug-likeness (QED) is 0.00326. The van der Waals surface area contributed by atoms with Crippen LogP contribution in [0.15, 0.2) is 17.3 Å². The average Bonchev–Trinajstić information content (AvgIpc) is 3.16. The Morgan fingerprint density at radius 3 is 1.62 bits per heavy atom. The molecule has 9 N–H and O–H groups in total. The summed E-state index contributed by atoms with van der Waals surface area (Å²) in [7, 11) is 1.88. The third-order valence-corrected chi connectivity index (χ3v) is 8.43. The summed E-state index contributed by atoms with van der Waals surface area (Å²) >= 11 is 5.41. The van der Waals surface area contributed by atoms with Gasteiger partial charge >= 0.3 is 11.3 Å². The van der Waals surface area contributed by atoms with Gasteiger partial charge in [0.2, 0.25) is 11.8 Å². The number of amides is 2. The van der Waals surface area contributed by atoms with Crippen molar-refractivity contribution in [3.8, 4) is 0 Å². The molecule has 0 aliphatic rings. The predicted molar refractivity (Wildman–Crippen MR) is 231 cm³/mol. The van der Waals surface area contributed by atoms with E-state index in [4.69, 9.17) is 16.2 Å². The summed E-state index contributed by atoms with van der Waals surface area (Å²) in [4.78, 5) is 23.6. The van der Waals surface area contributed by atoms with Crippen molar-refractivity contribution in [1.82, 2.24) is 25.6 Å². The molecule has 11 nitrogen and oxygen atoms in total. The molecule has 0 fully saturated rings. The molecule has 14 heteroatoms. The maximum absolute atomic E-state index is 11.9. The Kier molecular flexibility index (Phi) is 70.4.